The molecule has 0 bridgehead atoms. The Bertz CT molecular complexity index is 430. The summed E-state index contributed by atoms with van der Waals surface area (Å²) in [5, 5.41) is 0.542. The van der Waals surface area contributed by atoms with Gasteiger partial charge in [0, 0.05) is 5.02 Å². The minimum atomic E-state index is -0.530. The second-order valence-electron chi connectivity index (χ2n) is 3.90. The van der Waals surface area contributed by atoms with Crippen molar-refractivity contribution in [3.05, 3.63) is 28.8 Å². The van der Waals surface area contributed by atoms with Crippen LogP contribution in [0.1, 0.15) is 18.4 Å². The van der Waals surface area contributed by atoms with E-state index in [1.807, 2.05) is 6.07 Å². The number of amides is 1. The molecular weight excluding hydrogens is 228 g/mol. The summed E-state index contributed by atoms with van der Waals surface area (Å²) in [5.41, 5.74) is 2.48. The number of nitrogens with two attached hydrogens (primary N) is 1. The summed E-state index contributed by atoms with van der Waals surface area (Å²) in [7, 11) is 1.57. The highest BCUT2D eigenvalue weighted by molar-refractivity contribution is 6.32. The standard InChI is InChI=1S/C11H13ClN2O2/c1-16-7-2-3-8(9(12)6-7)11(4-5-11)10(15)14-13/h2-3,6H,4-5,13H2,1H3,(H,14,15). The average Bonchev–Trinajstić information content (AvgIpc) is 3.09. The number of carbonyl (C=O) groups is 1. The summed E-state index contributed by atoms with van der Waals surface area (Å²) in [6, 6.07) is 5.33. The molecule has 0 spiro atoms. The monoisotopic (exact) mass is 240 g/mol. The first kappa shape index (κ1) is 11.2. The second kappa shape index (κ2) is 3.96. The van der Waals surface area contributed by atoms with E-state index in [2.05, 4.69) is 5.43 Å². The zero-order chi connectivity index (χ0) is 11.8. The summed E-state index contributed by atoms with van der Waals surface area (Å²) in [5.74, 6) is 5.67. The maximum absolute atomic E-state index is 11.7. The van der Waals surface area contributed by atoms with Gasteiger partial charge in [-0.05, 0) is 30.5 Å². The fourth-order valence-electron chi connectivity index (χ4n) is 1.89. The highest BCUT2D eigenvalue weighted by Crippen LogP contribution is 2.51. The van der Waals surface area contributed by atoms with Gasteiger partial charge in [0.1, 0.15) is 5.75 Å². The Labute approximate surface area is 98.7 Å². The van der Waals surface area contributed by atoms with Crippen LogP contribution in [-0.2, 0) is 10.2 Å². The minimum Gasteiger partial charge on any atom is -0.497 e. The summed E-state index contributed by atoms with van der Waals surface area (Å²) < 4.78 is 5.06. The van der Waals surface area contributed by atoms with Crippen LogP contribution in [0.3, 0.4) is 0 Å². The highest BCUT2D eigenvalue weighted by atomic mass is 35.5. The van der Waals surface area contributed by atoms with E-state index in [1.54, 1.807) is 19.2 Å². The molecule has 0 saturated heterocycles. The molecule has 1 aromatic carbocycles. The molecule has 0 aromatic heterocycles. The van der Waals surface area contributed by atoms with Crippen LogP contribution in [0, 0.1) is 0 Å². The van der Waals surface area contributed by atoms with Gasteiger partial charge in [-0.2, -0.15) is 0 Å². The van der Waals surface area contributed by atoms with E-state index in [-0.39, 0.29) is 5.91 Å². The van der Waals surface area contributed by atoms with Crippen molar-refractivity contribution >= 4 is 17.5 Å². The number of halogens is 1. The molecule has 1 fully saturated rings. The molecule has 3 N–H and O–H groups in total. The molecule has 1 aliphatic carbocycles. The number of benzene rings is 1. The van der Waals surface area contributed by atoms with E-state index in [4.69, 9.17) is 22.2 Å². The van der Waals surface area contributed by atoms with Crippen LogP contribution < -0.4 is 16.0 Å². The first-order valence-corrected chi connectivity index (χ1v) is 5.37. The molecule has 0 unspecified atom stereocenters. The van der Waals surface area contributed by atoms with E-state index in [0.29, 0.717) is 10.8 Å². The zero-order valence-corrected chi connectivity index (χ0v) is 9.67. The number of hydrazine groups is 1. The number of carbonyl (C=O) groups excluding carboxylic acids is 1. The Balaban J connectivity index is 2.38. The van der Waals surface area contributed by atoms with Crippen molar-refractivity contribution in [2.45, 2.75) is 18.3 Å². The lowest BCUT2D eigenvalue weighted by molar-refractivity contribution is -0.123. The first-order valence-electron chi connectivity index (χ1n) is 4.99. The van der Waals surface area contributed by atoms with Gasteiger partial charge in [0.25, 0.3) is 0 Å². The summed E-state index contributed by atoms with van der Waals surface area (Å²) in [4.78, 5) is 11.7. The van der Waals surface area contributed by atoms with Gasteiger partial charge in [0.2, 0.25) is 5.91 Å². The topological polar surface area (TPSA) is 64.3 Å². The number of hydrogen-bond acceptors (Lipinski definition) is 3. The van der Waals surface area contributed by atoms with Crippen molar-refractivity contribution in [1.82, 2.24) is 5.43 Å². The Kier molecular flexibility index (Phi) is 2.78. The number of ether oxygens (including phenoxy) is 1. The van der Waals surface area contributed by atoms with Crippen molar-refractivity contribution in [3.8, 4) is 5.75 Å². The van der Waals surface area contributed by atoms with Crippen LogP contribution in [0.5, 0.6) is 5.75 Å². The van der Waals surface area contributed by atoms with Crippen molar-refractivity contribution in [2.75, 3.05) is 7.11 Å². The molecule has 1 amide bonds. The largest absolute Gasteiger partial charge is 0.497 e. The molecule has 5 heteroatoms. The number of rotatable bonds is 3. The van der Waals surface area contributed by atoms with Crippen LogP contribution >= 0.6 is 11.6 Å². The predicted octanol–water partition coefficient (Wildman–Crippen LogP) is 1.37. The summed E-state index contributed by atoms with van der Waals surface area (Å²) >= 11 is 6.13. The smallest absolute Gasteiger partial charge is 0.244 e. The Morgan fingerprint density at radius 1 is 1.56 bits per heavy atom. The van der Waals surface area contributed by atoms with Gasteiger partial charge in [-0.1, -0.05) is 17.7 Å². The van der Waals surface area contributed by atoms with Gasteiger partial charge in [-0.25, -0.2) is 5.84 Å². The number of hydrogen-bond donors (Lipinski definition) is 2. The molecule has 0 radical (unpaired) electrons. The van der Waals surface area contributed by atoms with Crippen LogP contribution in [0.2, 0.25) is 5.02 Å². The molecule has 86 valence electrons. The van der Waals surface area contributed by atoms with Crippen LogP contribution in [-0.4, -0.2) is 13.0 Å². The van der Waals surface area contributed by atoms with Gasteiger partial charge in [-0.3, -0.25) is 10.2 Å². The Morgan fingerprint density at radius 3 is 2.69 bits per heavy atom. The minimum absolute atomic E-state index is 0.181. The lowest BCUT2D eigenvalue weighted by atomic mass is 9.95. The third-order valence-electron chi connectivity index (χ3n) is 3.01. The van der Waals surface area contributed by atoms with Gasteiger partial charge < -0.3 is 4.74 Å². The van der Waals surface area contributed by atoms with Crippen molar-refractivity contribution in [2.24, 2.45) is 5.84 Å². The summed E-state index contributed by atoms with van der Waals surface area (Å²) in [6.45, 7) is 0. The fraction of sp³-hybridized carbons (Fsp3) is 0.364. The molecule has 1 aliphatic rings. The normalized spacial score (nSPS) is 16.7. The first-order chi connectivity index (χ1) is 7.64. The van der Waals surface area contributed by atoms with E-state index in [9.17, 15) is 4.79 Å². The van der Waals surface area contributed by atoms with Gasteiger partial charge >= 0.3 is 0 Å². The third kappa shape index (κ3) is 1.64. The molecule has 1 aromatic rings. The fourth-order valence-corrected chi connectivity index (χ4v) is 2.24. The van der Waals surface area contributed by atoms with Crippen molar-refractivity contribution in [1.29, 1.82) is 0 Å². The maximum atomic E-state index is 11.7. The van der Waals surface area contributed by atoms with Crippen molar-refractivity contribution < 1.29 is 9.53 Å². The Morgan fingerprint density at radius 2 is 2.25 bits per heavy atom. The van der Waals surface area contributed by atoms with Gasteiger partial charge in [0.15, 0.2) is 0 Å². The quantitative estimate of drug-likeness (QED) is 0.477. The lowest BCUT2D eigenvalue weighted by Crippen LogP contribution is -2.39. The van der Waals surface area contributed by atoms with Gasteiger partial charge in [-0.15, -0.1) is 0 Å². The molecule has 0 aliphatic heterocycles. The lowest BCUT2D eigenvalue weighted by Gasteiger charge is -2.15. The molecule has 4 nitrogen and oxygen atoms in total. The Hall–Kier alpha value is -1.26. The molecule has 0 heterocycles. The molecule has 16 heavy (non-hydrogen) atoms. The van der Waals surface area contributed by atoms with Crippen LogP contribution in [0.25, 0.3) is 0 Å². The van der Waals surface area contributed by atoms with Gasteiger partial charge in [0.05, 0.1) is 12.5 Å². The van der Waals surface area contributed by atoms with E-state index >= 15 is 0 Å². The average molecular weight is 241 g/mol. The molecule has 0 atom stereocenters. The van der Waals surface area contributed by atoms with E-state index in [1.165, 1.54) is 0 Å². The molecular formula is C11H13ClN2O2. The van der Waals surface area contributed by atoms with E-state index < -0.39 is 5.41 Å². The summed E-state index contributed by atoms with van der Waals surface area (Å²) in [6.07, 6.45) is 1.56. The van der Waals surface area contributed by atoms with Crippen LogP contribution in [0.4, 0.5) is 0 Å². The van der Waals surface area contributed by atoms with E-state index in [0.717, 1.165) is 18.4 Å². The van der Waals surface area contributed by atoms with Crippen LogP contribution in [0.15, 0.2) is 18.2 Å². The highest BCUT2D eigenvalue weighted by Gasteiger charge is 2.52. The molecule has 2 rings (SSSR count). The predicted molar refractivity (Wildman–Crippen MR) is 61.2 cm³/mol. The second-order valence-corrected chi connectivity index (χ2v) is 4.31. The zero-order valence-electron chi connectivity index (χ0n) is 8.92. The SMILES string of the molecule is COc1ccc(C2(C(=O)NN)CC2)c(Cl)c1. The molecule has 1 saturated carbocycles. The third-order valence-corrected chi connectivity index (χ3v) is 3.32. The number of nitrogens with one attached hydrogen (secondary N) is 1. The number of methoxy groups -OCH3 is 1. The maximum Gasteiger partial charge on any atom is 0.244 e. The van der Waals surface area contributed by atoms with Crippen molar-refractivity contribution in [3.63, 3.8) is 0 Å².